The van der Waals surface area contributed by atoms with Crippen molar-refractivity contribution in [2.75, 3.05) is 0 Å². The first-order chi connectivity index (χ1) is 17.2. The van der Waals surface area contributed by atoms with Crippen molar-refractivity contribution in [3.8, 4) is 0 Å². The molecule has 0 aliphatic rings. The van der Waals surface area contributed by atoms with E-state index in [0.29, 0.717) is 16.0 Å². The minimum absolute atomic E-state index is 0.181. The summed E-state index contributed by atoms with van der Waals surface area (Å²) in [6.07, 6.45) is 0. The summed E-state index contributed by atoms with van der Waals surface area (Å²) in [7, 11) is -0.221. The van der Waals surface area contributed by atoms with E-state index in [2.05, 4.69) is 60.7 Å². The number of hydrogen-bond acceptors (Lipinski definition) is 2. The van der Waals surface area contributed by atoms with Crippen molar-refractivity contribution in [3.05, 3.63) is 150 Å². The second kappa shape index (κ2) is 10.8. The van der Waals surface area contributed by atoms with Gasteiger partial charge in [0, 0.05) is 20.9 Å². The fourth-order valence-electron chi connectivity index (χ4n) is 3.77. The molecule has 5 rings (SSSR count). The van der Waals surface area contributed by atoms with Crippen molar-refractivity contribution >= 4 is 28.4 Å². The van der Waals surface area contributed by atoms with Crippen molar-refractivity contribution in [1.82, 2.24) is 0 Å². The van der Waals surface area contributed by atoms with Crippen LogP contribution in [0.25, 0.3) is 0 Å². The zero-order valence-electron chi connectivity index (χ0n) is 18.8. The summed E-state index contributed by atoms with van der Waals surface area (Å²) in [5, 5.41) is 0. The van der Waals surface area contributed by atoms with Crippen LogP contribution in [0.4, 0.5) is 4.39 Å². The van der Waals surface area contributed by atoms with Gasteiger partial charge in [0.1, 0.15) is 5.82 Å². The number of hydrogen-bond donors (Lipinski definition) is 0. The molecule has 0 aliphatic heterocycles. The van der Waals surface area contributed by atoms with Gasteiger partial charge in [0.05, 0.1) is 10.9 Å². The quantitative estimate of drug-likeness (QED) is 0.168. The van der Waals surface area contributed by atoms with E-state index < -0.39 is 5.82 Å². The Morgan fingerprint density at radius 3 is 1.63 bits per heavy atom. The lowest BCUT2D eigenvalue weighted by atomic mass is 10.0. The highest BCUT2D eigenvalue weighted by Gasteiger charge is 2.28. The number of carbonyl (C=O) groups excluding carboxylic acids is 1. The lowest BCUT2D eigenvalue weighted by Crippen LogP contribution is -2.04. The molecule has 5 aromatic rings. The van der Waals surface area contributed by atoms with E-state index in [0.717, 1.165) is 4.90 Å². The fourth-order valence-corrected chi connectivity index (χ4v) is 6.68. The molecule has 170 valence electrons. The molecule has 0 radical (unpaired) electrons. The van der Waals surface area contributed by atoms with E-state index in [1.54, 1.807) is 36.4 Å². The lowest BCUT2D eigenvalue weighted by Gasteiger charge is -2.09. The van der Waals surface area contributed by atoms with Crippen LogP contribution in [-0.4, -0.2) is 5.78 Å². The van der Waals surface area contributed by atoms with Gasteiger partial charge in [0.15, 0.2) is 20.5 Å². The van der Waals surface area contributed by atoms with E-state index in [1.807, 2.05) is 30.3 Å². The summed E-state index contributed by atoms with van der Waals surface area (Å²) < 4.78 is 14.9. The number of benzene rings is 5. The maximum absolute atomic E-state index is 14.9. The Labute approximate surface area is 212 Å². The van der Waals surface area contributed by atoms with Gasteiger partial charge in [-0.1, -0.05) is 78.5 Å². The van der Waals surface area contributed by atoms with E-state index in [9.17, 15) is 9.18 Å². The Hall–Kier alpha value is -3.60. The van der Waals surface area contributed by atoms with Crippen LogP contribution in [0, 0.1) is 5.82 Å². The maximum Gasteiger partial charge on any atom is 0.193 e. The third kappa shape index (κ3) is 5.40. The van der Waals surface area contributed by atoms with E-state index in [1.165, 1.54) is 32.5 Å². The van der Waals surface area contributed by atoms with E-state index in [4.69, 9.17) is 0 Å². The third-order valence-corrected chi connectivity index (χ3v) is 8.76. The van der Waals surface area contributed by atoms with Crippen molar-refractivity contribution < 1.29 is 9.18 Å². The van der Waals surface area contributed by atoms with Gasteiger partial charge >= 0.3 is 0 Å². The molecule has 0 aliphatic carbocycles. The first-order valence-electron chi connectivity index (χ1n) is 11.2. The van der Waals surface area contributed by atoms with E-state index in [-0.39, 0.29) is 16.7 Å². The maximum atomic E-state index is 14.9. The monoisotopic (exact) mass is 493 g/mol. The molecular formula is C31H22FOS2+. The Morgan fingerprint density at radius 2 is 1.09 bits per heavy atom. The predicted octanol–water partition coefficient (Wildman–Crippen LogP) is 8.30. The van der Waals surface area contributed by atoms with Gasteiger partial charge < -0.3 is 0 Å². The lowest BCUT2D eigenvalue weighted by molar-refractivity contribution is 0.103. The molecule has 1 nitrogen and oxygen atoms in total. The van der Waals surface area contributed by atoms with Crippen LogP contribution in [0.1, 0.15) is 15.9 Å². The van der Waals surface area contributed by atoms with Crippen molar-refractivity contribution in [3.63, 3.8) is 0 Å². The van der Waals surface area contributed by atoms with Crippen LogP contribution < -0.4 is 0 Å². The minimum Gasteiger partial charge on any atom is -0.289 e. The summed E-state index contributed by atoms with van der Waals surface area (Å²) >= 11 is 1.36. The molecule has 0 unspecified atom stereocenters. The normalized spacial score (nSPS) is 10.9. The fraction of sp³-hybridized carbons (Fsp3) is 0. The van der Waals surface area contributed by atoms with Crippen LogP contribution in [0.3, 0.4) is 0 Å². The second-order valence-corrected chi connectivity index (χ2v) is 11.0. The third-order valence-electron chi connectivity index (χ3n) is 5.48. The zero-order valence-corrected chi connectivity index (χ0v) is 20.4. The SMILES string of the molecule is O=C(c1ccccc1)c1ccc(Sc2ccc([S+](c3ccccc3)c3ccccc3)cc2)c(F)c1. The molecule has 0 heterocycles. The first-order valence-corrected chi connectivity index (χ1v) is 13.2. The van der Waals surface area contributed by atoms with Crippen LogP contribution in [0.2, 0.25) is 0 Å². The van der Waals surface area contributed by atoms with Crippen LogP contribution >= 0.6 is 11.8 Å². The second-order valence-electron chi connectivity index (χ2n) is 7.85. The Balaban J connectivity index is 1.37. The molecule has 0 bridgehead atoms. The molecule has 0 fully saturated rings. The molecular weight excluding hydrogens is 471 g/mol. The van der Waals surface area contributed by atoms with Gasteiger partial charge in [0.25, 0.3) is 0 Å². The molecule has 0 saturated carbocycles. The van der Waals surface area contributed by atoms with Crippen LogP contribution in [0.5, 0.6) is 0 Å². The van der Waals surface area contributed by atoms with Crippen molar-refractivity contribution in [2.24, 2.45) is 0 Å². The molecule has 35 heavy (non-hydrogen) atoms. The molecule has 0 N–H and O–H groups in total. The Morgan fingerprint density at radius 1 is 0.571 bits per heavy atom. The number of rotatable bonds is 7. The number of ketones is 1. The first kappa shape index (κ1) is 23.2. The van der Waals surface area contributed by atoms with Gasteiger partial charge in [-0.05, 0) is 66.7 Å². The minimum atomic E-state index is -0.394. The predicted molar refractivity (Wildman–Crippen MR) is 142 cm³/mol. The van der Waals surface area contributed by atoms with Gasteiger partial charge in [-0.25, -0.2) is 4.39 Å². The molecule has 0 aromatic heterocycles. The summed E-state index contributed by atoms with van der Waals surface area (Å²) in [6.45, 7) is 0. The Kier molecular flexibility index (Phi) is 7.12. The Bertz CT molecular complexity index is 1380. The summed E-state index contributed by atoms with van der Waals surface area (Å²) in [5.74, 6) is -0.576. The molecule has 0 spiro atoms. The highest BCUT2D eigenvalue weighted by molar-refractivity contribution is 7.99. The van der Waals surface area contributed by atoms with Crippen LogP contribution in [0.15, 0.2) is 158 Å². The van der Waals surface area contributed by atoms with E-state index >= 15 is 0 Å². The van der Waals surface area contributed by atoms with Crippen molar-refractivity contribution in [1.29, 1.82) is 0 Å². The molecule has 4 heteroatoms. The van der Waals surface area contributed by atoms with Gasteiger partial charge in [0.2, 0.25) is 0 Å². The average Bonchev–Trinajstić information content (AvgIpc) is 2.92. The molecule has 0 saturated heterocycles. The number of halogens is 1. The van der Waals surface area contributed by atoms with Gasteiger partial charge in [-0.2, -0.15) is 0 Å². The average molecular weight is 494 g/mol. The summed E-state index contributed by atoms with van der Waals surface area (Å²) in [4.78, 5) is 17.8. The van der Waals surface area contributed by atoms with Gasteiger partial charge in [-0.3, -0.25) is 4.79 Å². The smallest absolute Gasteiger partial charge is 0.193 e. The highest BCUT2D eigenvalue weighted by Crippen LogP contribution is 2.35. The standard InChI is InChI=1S/C31H22FOS2/c32-29-22-24(31(33)23-10-4-1-5-11-23)16-21-30(29)34-25-17-19-28(20-18-25)35(26-12-6-2-7-13-26)27-14-8-3-9-15-27/h1-22H/q+1. The number of carbonyl (C=O) groups is 1. The van der Waals surface area contributed by atoms with Crippen LogP contribution in [-0.2, 0) is 10.9 Å². The molecule has 0 amide bonds. The van der Waals surface area contributed by atoms with Crippen molar-refractivity contribution in [2.45, 2.75) is 24.5 Å². The highest BCUT2D eigenvalue weighted by atomic mass is 32.2. The summed E-state index contributed by atoms with van der Waals surface area (Å²) in [6, 6.07) is 42.9. The zero-order chi connectivity index (χ0) is 24.0. The molecule has 0 atom stereocenters. The van der Waals surface area contributed by atoms with Gasteiger partial charge in [-0.15, -0.1) is 0 Å². The topological polar surface area (TPSA) is 17.1 Å². The largest absolute Gasteiger partial charge is 0.289 e. The molecule has 5 aromatic carbocycles. The summed E-state index contributed by atoms with van der Waals surface area (Å²) in [5.41, 5.74) is 0.901.